The zero-order valence-corrected chi connectivity index (χ0v) is 15.9. The Kier molecular flexibility index (Phi) is 5.01. The summed E-state index contributed by atoms with van der Waals surface area (Å²) < 4.78 is 36.9. The van der Waals surface area contributed by atoms with Gasteiger partial charge in [0.15, 0.2) is 0 Å². The summed E-state index contributed by atoms with van der Waals surface area (Å²) >= 11 is 0.982. The number of nitrogens with one attached hydrogen (secondary N) is 1. The molecule has 0 saturated heterocycles. The highest BCUT2D eigenvalue weighted by Crippen LogP contribution is 2.32. The number of aromatic nitrogens is 3. The van der Waals surface area contributed by atoms with Crippen molar-refractivity contribution in [3.05, 3.63) is 72.3 Å². The fraction of sp³-hybridized carbons (Fsp3) is 0.0500. The molecule has 29 heavy (non-hydrogen) atoms. The number of ether oxygens (including phenoxy) is 1. The standard InChI is InChI=1S/C20H13F2N5OS/c1-28-20-17(26-29-18-4-3-14(21)7-16(18)22)6-13(9-25-20)12-2-5-19-24-10-15(8-23)27(19)11-12/h2-7,9-11,26H,1H3. The number of benzene rings is 1. The molecule has 0 aliphatic heterocycles. The predicted molar refractivity (Wildman–Crippen MR) is 106 cm³/mol. The number of halogens is 2. The van der Waals surface area contributed by atoms with Gasteiger partial charge in [-0.2, -0.15) is 5.26 Å². The monoisotopic (exact) mass is 409 g/mol. The number of rotatable bonds is 5. The van der Waals surface area contributed by atoms with Crippen molar-refractivity contribution < 1.29 is 13.5 Å². The van der Waals surface area contributed by atoms with Gasteiger partial charge in [0.05, 0.1) is 18.2 Å². The lowest BCUT2D eigenvalue weighted by atomic mass is 10.1. The zero-order chi connectivity index (χ0) is 20.4. The molecule has 0 radical (unpaired) electrons. The molecule has 4 aromatic rings. The van der Waals surface area contributed by atoms with Crippen molar-refractivity contribution in [3.63, 3.8) is 0 Å². The van der Waals surface area contributed by atoms with Gasteiger partial charge in [0.25, 0.3) is 0 Å². The highest BCUT2D eigenvalue weighted by molar-refractivity contribution is 8.00. The molecule has 0 spiro atoms. The number of fused-ring (bicyclic) bond motifs is 1. The van der Waals surface area contributed by atoms with Crippen LogP contribution in [0.3, 0.4) is 0 Å². The lowest BCUT2D eigenvalue weighted by molar-refractivity contribution is 0.400. The van der Waals surface area contributed by atoms with Crippen LogP contribution >= 0.6 is 11.9 Å². The molecule has 144 valence electrons. The van der Waals surface area contributed by atoms with E-state index in [0.717, 1.165) is 29.1 Å². The Morgan fingerprint density at radius 3 is 2.72 bits per heavy atom. The first-order valence-corrected chi connectivity index (χ1v) is 9.20. The molecule has 0 unspecified atom stereocenters. The number of anilines is 1. The smallest absolute Gasteiger partial charge is 0.237 e. The lowest BCUT2D eigenvalue weighted by Gasteiger charge is -2.12. The molecule has 0 aliphatic rings. The predicted octanol–water partition coefficient (Wildman–Crippen LogP) is 4.67. The van der Waals surface area contributed by atoms with Crippen LogP contribution in [0, 0.1) is 23.0 Å². The SMILES string of the molecule is COc1ncc(-c2ccc3ncc(C#N)n3c2)cc1NSc1ccc(F)cc1F. The third-order valence-corrected chi connectivity index (χ3v) is 5.04. The topological polar surface area (TPSA) is 75.2 Å². The van der Waals surface area contributed by atoms with Gasteiger partial charge in [-0.05, 0) is 42.3 Å². The molecular weight excluding hydrogens is 396 g/mol. The van der Waals surface area contributed by atoms with Crippen LogP contribution in [0.2, 0.25) is 0 Å². The van der Waals surface area contributed by atoms with E-state index >= 15 is 0 Å². The van der Waals surface area contributed by atoms with Crippen LogP contribution in [0.25, 0.3) is 16.8 Å². The number of hydrogen-bond donors (Lipinski definition) is 1. The molecule has 4 rings (SSSR count). The van der Waals surface area contributed by atoms with Gasteiger partial charge in [0, 0.05) is 29.6 Å². The first-order valence-electron chi connectivity index (χ1n) is 8.38. The third-order valence-electron chi connectivity index (χ3n) is 4.16. The summed E-state index contributed by atoms with van der Waals surface area (Å²) in [7, 11) is 1.48. The van der Waals surface area contributed by atoms with E-state index in [1.165, 1.54) is 25.4 Å². The average molecular weight is 409 g/mol. The maximum atomic E-state index is 13.9. The summed E-state index contributed by atoms with van der Waals surface area (Å²) in [5, 5.41) is 9.21. The van der Waals surface area contributed by atoms with Gasteiger partial charge in [-0.25, -0.2) is 18.7 Å². The van der Waals surface area contributed by atoms with Crippen molar-refractivity contribution >= 4 is 23.3 Å². The Hall–Kier alpha value is -3.64. The minimum atomic E-state index is -0.667. The number of imidazole rings is 1. The second kappa shape index (κ2) is 7.77. The van der Waals surface area contributed by atoms with E-state index in [4.69, 9.17) is 4.74 Å². The first-order chi connectivity index (χ1) is 14.1. The third kappa shape index (κ3) is 3.70. The Morgan fingerprint density at radius 1 is 1.10 bits per heavy atom. The molecule has 0 aliphatic carbocycles. The van der Waals surface area contributed by atoms with Crippen LogP contribution in [0.4, 0.5) is 14.5 Å². The summed E-state index contributed by atoms with van der Waals surface area (Å²) in [4.78, 5) is 8.70. The van der Waals surface area contributed by atoms with Crippen molar-refractivity contribution in [1.29, 1.82) is 5.26 Å². The summed E-state index contributed by atoms with van der Waals surface area (Å²) in [6.07, 6.45) is 4.94. The Bertz CT molecular complexity index is 1250. The largest absolute Gasteiger partial charge is 0.480 e. The van der Waals surface area contributed by atoms with E-state index in [-0.39, 0.29) is 4.90 Å². The summed E-state index contributed by atoms with van der Waals surface area (Å²) in [6, 6.07) is 10.9. The molecule has 9 heteroatoms. The van der Waals surface area contributed by atoms with Gasteiger partial charge in [-0.1, -0.05) is 0 Å². The zero-order valence-electron chi connectivity index (χ0n) is 15.1. The highest BCUT2D eigenvalue weighted by Gasteiger charge is 2.12. The van der Waals surface area contributed by atoms with E-state index < -0.39 is 11.6 Å². The van der Waals surface area contributed by atoms with Crippen LogP contribution < -0.4 is 9.46 Å². The lowest BCUT2D eigenvalue weighted by Crippen LogP contribution is -1.97. The summed E-state index contributed by atoms with van der Waals surface area (Å²) in [6.45, 7) is 0. The molecule has 0 amide bonds. The highest BCUT2D eigenvalue weighted by atomic mass is 32.2. The van der Waals surface area contributed by atoms with Gasteiger partial charge in [-0.3, -0.25) is 4.40 Å². The summed E-state index contributed by atoms with van der Waals surface area (Å²) in [5.41, 5.74) is 3.16. The van der Waals surface area contributed by atoms with Gasteiger partial charge >= 0.3 is 0 Å². The molecule has 3 heterocycles. The maximum Gasteiger partial charge on any atom is 0.237 e. The van der Waals surface area contributed by atoms with E-state index in [0.29, 0.717) is 22.9 Å². The van der Waals surface area contributed by atoms with Crippen molar-refractivity contribution in [2.45, 2.75) is 4.90 Å². The fourth-order valence-corrected chi connectivity index (χ4v) is 3.41. The fourth-order valence-electron chi connectivity index (χ4n) is 2.75. The molecular formula is C20H13F2N5OS. The van der Waals surface area contributed by atoms with Crippen LogP contribution in [-0.2, 0) is 0 Å². The Labute approximate surface area is 168 Å². The molecule has 1 N–H and O–H groups in total. The van der Waals surface area contributed by atoms with E-state index in [1.54, 1.807) is 28.9 Å². The van der Waals surface area contributed by atoms with Crippen molar-refractivity contribution in [3.8, 4) is 23.1 Å². The second-order valence-corrected chi connectivity index (χ2v) is 6.81. The molecule has 0 fully saturated rings. The van der Waals surface area contributed by atoms with Crippen LogP contribution in [0.1, 0.15) is 5.69 Å². The van der Waals surface area contributed by atoms with Crippen molar-refractivity contribution in [2.75, 3.05) is 11.8 Å². The number of pyridine rings is 2. The molecule has 0 saturated carbocycles. The number of nitriles is 1. The van der Waals surface area contributed by atoms with Gasteiger partial charge < -0.3 is 9.46 Å². The van der Waals surface area contributed by atoms with Crippen molar-refractivity contribution in [1.82, 2.24) is 14.4 Å². The second-order valence-electron chi connectivity index (χ2n) is 5.96. The molecule has 1 aromatic carbocycles. The van der Waals surface area contributed by atoms with E-state index in [9.17, 15) is 14.0 Å². The molecule has 6 nitrogen and oxygen atoms in total. The van der Waals surface area contributed by atoms with Crippen LogP contribution in [0.15, 0.2) is 59.9 Å². The molecule has 0 bridgehead atoms. The summed E-state index contributed by atoms with van der Waals surface area (Å²) in [5.74, 6) is -0.981. The van der Waals surface area contributed by atoms with Crippen LogP contribution in [-0.4, -0.2) is 21.5 Å². The number of nitrogens with zero attached hydrogens (tertiary/aromatic N) is 4. The number of hydrogen-bond acceptors (Lipinski definition) is 6. The van der Waals surface area contributed by atoms with Crippen molar-refractivity contribution in [2.24, 2.45) is 0 Å². The Morgan fingerprint density at radius 2 is 1.97 bits per heavy atom. The first kappa shape index (κ1) is 18.7. The Balaban J connectivity index is 1.67. The van der Waals surface area contributed by atoms with Gasteiger partial charge in [-0.15, -0.1) is 0 Å². The minimum Gasteiger partial charge on any atom is -0.480 e. The number of methoxy groups -OCH3 is 1. The normalized spacial score (nSPS) is 10.7. The molecule has 0 atom stereocenters. The van der Waals surface area contributed by atoms with Gasteiger partial charge in [0.2, 0.25) is 5.88 Å². The minimum absolute atomic E-state index is 0.234. The maximum absolute atomic E-state index is 13.9. The quantitative estimate of drug-likeness (QED) is 0.483. The van der Waals surface area contributed by atoms with Gasteiger partial charge in [0.1, 0.15) is 34.7 Å². The molecule has 3 aromatic heterocycles. The van der Waals surface area contributed by atoms with E-state index in [2.05, 4.69) is 20.8 Å². The van der Waals surface area contributed by atoms with E-state index in [1.807, 2.05) is 6.07 Å². The van der Waals surface area contributed by atoms with Crippen LogP contribution in [0.5, 0.6) is 5.88 Å². The average Bonchev–Trinajstić information content (AvgIpc) is 3.15.